The van der Waals surface area contributed by atoms with Crippen molar-refractivity contribution in [2.45, 2.75) is 40.3 Å². The van der Waals surface area contributed by atoms with Crippen LogP contribution in [-0.2, 0) is 12.6 Å². The van der Waals surface area contributed by atoms with Crippen LogP contribution >= 0.6 is 0 Å². The SMILES string of the molecule is CC.CC=C(F)F.CCc1cc(C(F)(F)F)cnc1N. The Morgan fingerprint density at radius 2 is 1.75 bits per heavy atom. The van der Waals surface area contributed by atoms with E-state index in [-0.39, 0.29) is 5.82 Å². The van der Waals surface area contributed by atoms with Gasteiger partial charge in [0.1, 0.15) is 5.82 Å². The molecule has 0 unspecified atom stereocenters. The first-order valence-corrected chi connectivity index (χ1v) is 6.01. The van der Waals surface area contributed by atoms with Crippen LogP contribution in [0, 0.1) is 0 Å². The predicted octanol–water partition coefficient (Wildman–Crippen LogP) is 5.06. The fourth-order valence-corrected chi connectivity index (χ4v) is 0.959. The number of hydrogen-bond acceptors (Lipinski definition) is 2. The number of alkyl halides is 3. The number of aryl methyl sites for hydroxylation is 1. The van der Waals surface area contributed by atoms with Gasteiger partial charge in [-0.3, -0.25) is 0 Å². The zero-order chi connectivity index (χ0) is 16.3. The highest BCUT2D eigenvalue weighted by Gasteiger charge is 2.31. The molecule has 1 rings (SSSR count). The smallest absolute Gasteiger partial charge is 0.383 e. The van der Waals surface area contributed by atoms with E-state index in [1.165, 1.54) is 6.92 Å². The average Bonchev–Trinajstić information content (AvgIpc) is 2.41. The number of anilines is 1. The molecule has 0 aliphatic carbocycles. The molecule has 2 nitrogen and oxygen atoms in total. The molecule has 0 spiro atoms. The second kappa shape index (κ2) is 10.2. The van der Waals surface area contributed by atoms with E-state index in [1.807, 2.05) is 13.8 Å². The zero-order valence-corrected chi connectivity index (χ0v) is 11.9. The number of nitrogens with zero attached hydrogens (tertiary/aromatic N) is 1. The highest BCUT2D eigenvalue weighted by Crippen LogP contribution is 2.30. The topological polar surface area (TPSA) is 38.9 Å². The number of nitrogen functional groups attached to an aromatic ring is 1. The third-order valence-electron chi connectivity index (χ3n) is 1.93. The number of allylic oxidation sites excluding steroid dienone is 1. The van der Waals surface area contributed by atoms with Gasteiger partial charge in [-0.05, 0) is 31.1 Å². The molecule has 2 N–H and O–H groups in total. The van der Waals surface area contributed by atoms with E-state index in [2.05, 4.69) is 4.98 Å². The molecule has 1 heterocycles. The van der Waals surface area contributed by atoms with Crippen LogP contribution in [0.5, 0.6) is 0 Å². The summed E-state index contributed by atoms with van der Waals surface area (Å²) in [4.78, 5) is 3.47. The molecule has 0 aliphatic heterocycles. The van der Waals surface area contributed by atoms with Crippen molar-refractivity contribution in [1.82, 2.24) is 4.98 Å². The Morgan fingerprint density at radius 3 is 2.05 bits per heavy atom. The zero-order valence-electron chi connectivity index (χ0n) is 11.9. The summed E-state index contributed by atoms with van der Waals surface area (Å²) in [6, 6.07) is 1.03. The minimum absolute atomic E-state index is 0.163. The highest BCUT2D eigenvalue weighted by atomic mass is 19.4. The first-order valence-electron chi connectivity index (χ1n) is 6.01. The molecule has 0 aromatic carbocycles. The van der Waals surface area contributed by atoms with Crippen molar-refractivity contribution in [2.75, 3.05) is 5.73 Å². The Morgan fingerprint density at radius 1 is 1.30 bits per heavy atom. The standard InChI is InChI=1S/C8H9F3N2.C3H4F2.C2H6/c1-2-5-3-6(8(9,10)11)4-13-7(5)12;1-2-3(4)5;1-2/h3-4H,2H2,1H3,(H2,12,13);2H,1H3;1-2H3. The van der Waals surface area contributed by atoms with Gasteiger partial charge in [0.25, 0.3) is 6.08 Å². The van der Waals surface area contributed by atoms with Crippen LogP contribution in [0.25, 0.3) is 0 Å². The molecule has 1 aromatic heterocycles. The molecule has 0 atom stereocenters. The Hall–Kier alpha value is -1.66. The monoisotopic (exact) mass is 298 g/mol. The summed E-state index contributed by atoms with van der Waals surface area (Å²) in [5, 5.41) is 0. The van der Waals surface area contributed by atoms with Crippen molar-refractivity contribution >= 4 is 5.82 Å². The molecular formula is C13H19F5N2. The van der Waals surface area contributed by atoms with Crippen LogP contribution in [-0.4, -0.2) is 4.98 Å². The maximum Gasteiger partial charge on any atom is 0.417 e. The van der Waals surface area contributed by atoms with Crippen LogP contribution in [0.1, 0.15) is 38.8 Å². The molecule has 7 heteroatoms. The molecule has 1 aromatic rings. The Balaban J connectivity index is 0. The Bertz CT molecular complexity index is 410. The summed E-state index contributed by atoms with van der Waals surface area (Å²) in [6.07, 6.45) is -4.02. The summed E-state index contributed by atoms with van der Waals surface area (Å²) in [5.41, 5.74) is 5.04. The average molecular weight is 298 g/mol. The lowest BCUT2D eigenvalue weighted by Gasteiger charge is -2.08. The van der Waals surface area contributed by atoms with E-state index >= 15 is 0 Å². The molecule has 0 saturated carbocycles. The second-order valence-corrected chi connectivity index (χ2v) is 3.20. The van der Waals surface area contributed by atoms with Gasteiger partial charge >= 0.3 is 6.18 Å². The number of aromatic nitrogens is 1. The molecule has 0 amide bonds. The molecule has 0 bridgehead atoms. The van der Waals surface area contributed by atoms with E-state index in [9.17, 15) is 22.0 Å². The van der Waals surface area contributed by atoms with Crippen LogP contribution in [0.3, 0.4) is 0 Å². The van der Waals surface area contributed by atoms with E-state index in [1.54, 1.807) is 6.92 Å². The van der Waals surface area contributed by atoms with Gasteiger partial charge in [-0.1, -0.05) is 20.8 Å². The molecule has 116 valence electrons. The Labute approximate surface area is 115 Å². The molecule has 0 fully saturated rings. The fourth-order valence-electron chi connectivity index (χ4n) is 0.959. The van der Waals surface area contributed by atoms with Gasteiger partial charge < -0.3 is 5.73 Å². The van der Waals surface area contributed by atoms with Gasteiger partial charge in [0.2, 0.25) is 0 Å². The minimum Gasteiger partial charge on any atom is -0.383 e. The molecule has 0 saturated heterocycles. The highest BCUT2D eigenvalue weighted by molar-refractivity contribution is 5.41. The number of halogens is 5. The van der Waals surface area contributed by atoms with Gasteiger partial charge in [0.15, 0.2) is 0 Å². The van der Waals surface area contributed by atoms with Crippen molar-refractivity contribution < 1.29 is 22.0 Å². The van der Waals surface area contributed by atoms with Crippen LogP contribution in [0.15, 0.2) is 24.4 Å². The number of hydrogen-bond donors (Lipinski definition) is 1. The number of pyridine rings is 1. The van der Waals surface area contributed by atoms with Crippen molar-refractivity contribution in [3.8, 4) is 0 Å². The van der Waals surface area contributed by atoms with Crippen molar-refractivity contribution in [3.63, 3.8) is 0 Å². The van der Waals surface area contributed by atoms with E-state index in [0.717, 1.165) is 18.3 Å². The van der Waals surface area contributed by atoms with E-state index < -0.39 is 17.8 Å². The third-order valence-corrected chi connectivity index (χ3v) is 1.93. The summed E-state index contributed by atoms with van der Waals surface area (Å²) in [6.45, 7) is 7.02. The van der Waals surface area contributed by atoms with Crippen LogP contribution in [0.2, 0.25) is 0 Å². The number of rotatable bonds is 1. The summed E-state index contributed by atoms with van der Waals surface area (Å²) >= 11 is 0. The lowest BCUT2D eigenvalue weighted by atomic mass is 10.1. The largest absolute Gasteiger partial charge is 0.417 e. The van der Waals surface area contributed by atoms with Crippen LogP contribution in [0.4, 0.5) is 27.8 Å². The van der Waals surface area contributed by atoms with Crippen molar-refractivity contribution in [2.24, 2.45) is 0 Å². The van der Waals surface area contributed by atoms with Gasteiger partial charge in [-0.15, -0.1) is 0 Å². The second-order valence-electron chi connectivity index (χ2n) is 3.20. The first-order chi connectivity index (χ1) is 9.22. The lowest BCUT2D eigenvalue weighted by molar-refractivity contribution is -0.137. The van der Waals surface area contributed by atoms with Gasteiger partial charge in [0.05, 0.1) is 5.56 Å². The van der Waals surface area contributed by atoms with Crippen LogP contribution < -0.4 is 5.73 Å². The summed E-state index contributed by atoms with van der Waals surface area (Å²) < 4.78 is 57.7. The molecule has 0 aliphatic rings. The van der Waals surface area contributed by atoms with E-state index in [4.69, 9.17) is 5.73 Å². The first kappa shape index (κ1) is 20.7. The lowest BCUT2D eigenvalue weighted by Crippen LogP contribution is -2.08. The van der Waals surface area contributed by atoms with Crippen molar-refractivity contribution in [3.05, 3.63) is 35.5 Å². The molecule has 0 radical (unpaired) electrons. The summed E-state index contributed by atoms with van der Waals surface area (Å²) in [5.74, 6) is 0.163. The quantitative estimate of drug-likeness (QED) is 0.736. The molecular weight excluding hydrogens is 279 g/mol. The minimum atomic E-state index is -4.34. The normalized spacial score (nSPS) is 9.65. The maximum absolute atomic E-state index is 12.2. The van der Waals surface area contributed by atoms with E-state index in [0.29, 0.717) is 12.0 Å². The van der Waals surface area contributed by atoms with Crippen molar-refractivity contribution in [1.29, 1.82) is 0 Å². The fraction of sp³-hybridized carbons (Fsp3) is 0.462. The van der Waals surface area contributed by atoms with Gasteiger partial charge in [-0.2, -0.15) is 22.0 Å². The van der Waals surface area contributed by atoms with Gasteiger partial charge in [-0.25, -0.2) is 4.98 Å². The third kappa shape index (κ3) is 8.44. The summed E-state index contributed by atoms with van der Waals surface area (Å²) in [7, 11) is 0. The Kier molecular flexibility index (Phi) is 10.5. The van der Waals surface area contributed by atoms with Gasteiger partial charge in [0, 0.05) is 6.20 Å². The molecule has 20 heavy (non-hydrogen) atoms. The maximum atomic E-state index is 12.2. The number of nitrogens with two attached hydrogens (primary N) is 1. The predicted molar refractivity (Wildman–Crippen MR) is 70.4 cm³/mol.